The van der Waals surface area contributed by atoms with Gasteiger partial charge >= 0.3 is 0 Å². The van der Waals surface area contributed by atoms with E-state index in [4.69, 9.17) is 0 Å². The van der Waals surface area contributed by atoms with Crippen LogP contribution in [-0.4, -0.2) is 28.8 Å². The lowest BCUT2D eigenvalue weighted by Gasteiger charge is -2.19. The number of imide groups is 1. The zero-order valence-corrected chi connectivity index (χ0v) is 11.2. The van der Waals surface area contributed by atoms with E-state index in [0.717, 1.165) is 4.90 Å². The number of nitrogens with one attached hydrogen (secondary N) is 1. The molecule has 1 aliphatic heterocycles. The van der Waals surface area contributed by atoms with Gasteiger partial charge in [-0.1, -0.05) is 0 Å². The van der Waals surface area contributed by atoms with Gasteiger partial charge in [-0.2, -0.15) is 0 Å². The number of carbonyl (C=O) groups is 2. The molecule has 114 valence electrons. The van der Waals surface area contributed by atoms with Crippen molar-refractivity contribution in [3.63, 3.8) is 0 Å². The number of likely N-dealkylation sites (tertiary alicyclic amines) is 1. The van der Waals surface area contributed by atoms with Gasteiger partial charge < -0.3 is 5.32 Å². The van der Waals surface area contributed by atoms with Crippen LogP contribution in [0.15, 0.2) is 6.07 Å². The van der Waals surface area contributed by atoms with Gasteiger partial charge in [-0.15, -0.1) is 0 Å². The van der Waals surface area contributed by atoms with Gasteiger partial charge in [0, 0.05) is 12.1 Å². The molecule has 0 bridgehead atoms. The Morgan fingerprint density at radius 2 is 1.67 bits per heavy atom. The zero-order chi connectivity index (χ0) is 15.9. The Morgan fingerprint density at radius 1 is 1.14 bits per heavy atom. The predicted octanol–water partition coefficient (Wildman–Crippen LogP) is 2.19. The van der Waals surface area contributed by atoms with Crippen molar-refractivity contribution in [1.29, 1.82) is 0 Å². The van der Waals surface area contributed by atoms with Gasteiger partial charge in [-0.25, -0.2) is 17.6 Å². The molecule has 1 atom stereocenters. The van der Waals surface area contributed by atoms with E-state index in [2.05, 4.69) is 5.32 Å². The van der Waals surface area contributed by atoms with E-state index >= 15 is 0 Å². The third kappa shape index (κ3) is 2.57. The second kappa shape index (κ2) is 5.34. The van der Waals surface area contributed by atoms with E-state index in [0.29, 0.717) is 0 Å². The number of hydrogen-bond acceptors (Lipinski definition) is 3. The topological polar surface area (TPSA) is 49.4 Å². The van der Waals surface area contributed by atoms with Crippen LogP contribution in [0.25, 0.3) is 0 Å². The number of amides is 2. The number of hydrogen-bond donors (Lipinski definition) is 1. The van der Waals surface area contributed by atoms with Crippen LogP contribution < -0.4 is 5.32 Å². The molecule has 1 unspecified atom stereocenters. The molecule has 4 nitrogen and oxygen atoms in total. The molecule has 0 aliphatic carbocycles. The summed E-state index contributed by atoms with van der Waals surface area (Å²) in [6.07, 6.45) is -0.339. The third-order valence-corrected chi connectivity index (χ3v) is 3.13. The molecule has 1 N–H and O–H groups in total. The van der Waals surface area contributed by atoms with Gasteiger partial charge in [-0.3, -0.25) is 14.5 Å². The van der Waals surface area contributed by atoms with Crippen LogP contribution in [0.4, 0.5) is 23.2 Å². The van der Waals surface area contributed by atoms with Crippen molar-refractivity contribution < 1.29 is 27.2 Å². The van der Waals surface area contributed by atoms with Gasteiger partial charge in [0.05, 0.1) is 6.42 Å². The summed E-state index contributed by atoms with van der Waals surface area (Å²) >= 11 is 0. The number of rotatable bonds is 3. The van der Waals surface area contributed by atoms with Gasteiger partial charge in [0.2, 0.25) is 5.91 Å². The highest BCUT2D eigenvalue weighted by molar-refractivity contribution is 6.07. The van der Waals surface area contributed by atoms with Crippen molar-refractivity contribution in [1.82, 2.24) is 4.90 Å². The van der Waals surface area contributed by atoms with Gasteiger partial charge in [0.25, 0.3) is 5.91 Å². The first-order valence-corrected chi connectivity index (χ1v) is 6.19. The first-order valence-electron chi connectivity index (χ1n) is 6.19. The molecule has 0 spiro atoms. The van der Waals surface area contributed by atoms with Crippen LogP contribution >= 0.6 is 0 Å². The van der Waals surface area contributed by atoms with Crippen LogP contribution in [0, 0.1) is 23.3 Å². The number of carbonyl (C=O) groups excluding carboxylic acids is 2. The quantitative estimate of drug-likeness (QED) is 0.529. The Labute approximate surface area is 117 Å². The van der Waals surface area contributed by atoms with Crippen LogP contribution in [0.2, 0.25) is 0 Å². The molecule has 2 rings (SSSR count). The van der Waals surface area contributed by atoms with E-state index in [1.165, 1.54) is 0 Å². The van der Waals surface area contributed by atoms with Crippen molar-refractivity contribution >= 4 is 17.5 Å². The maximum Gasteiger partial charge on any atom is 0.252 e. The molecule has 1 fully saturated rings. The maximum absolute atomic E-state index is 13.5. The second-order valence-electron chi connectivity index (χ2n) is 4.94. The number of benzene rings is 1. The summed E-state index contributed by atoms with van der Waals surface area (Å²) < 4.78 is 53.2. The molecule has 0 radical (unpaired) electrons. The van der Waals surface area contributed by atoms with Gasteiger partial charge in [0.15, 0.2) is 23.3 Å². The Balaban J connectivity index is 2.32. The van der Waals surface area contributed by atoms with Gasteiger partial charge in [0.1, 0.15) is 11.7 Å². The van der Waals surface area contributed by atoms with E-state index < -0.39 is 52.9 Å². The lowest BCUT2D eigenvalue weighted by molar-refractivity contribution is -0.140. The van der Waals surface area contributed by atoms with Crippen molar-refractivity contribution in [2.75, 3.05) is 5.32 Å². The second-order valence-corrected chi connectivity index (χ2v) is 4.94. The highest BCUT2D eigenvalue weighted by Gasteiger charge is 2.40. The lowest BCUT2D eigenvalue weighted by Crippen LogP contribution is -2.39. The number of halogens is 4. The normalized spacial score (nSPS) is 18.8. The van der Waals surface area contributed by atoms with Crippen molar-refractivity contribution in [2.24, 2.45) is 0 Å². The molecular weight excluding hydrogens is 292 g/mol. The molecule has 21 heavy (non-hydrogen) atoms. The van der Waals surface area contributed by atoms with Crippen molar-refractivity contribution in [2.45, 2.75) is 32.4 Å². The Kier molecular flexibility index (Phi) is 3.89. The minimum Gasteiger partial charge on any atom is -0.368 e. The zero-order valence-electron chi connectivity index (χ0n) is 11.2. The van der Waals surface area contributed by atoms with Crippen molar-refractivity contribution in [3.05, 3.63) is 29.3 Å². The fourth-order valence-corrected chi connectivity index (χ4v) is 2.18. The summed E-state index contributed by atoms with van der Waals surface area (Å²) in [5.41, 5.74) is -1.09. The van der Waals surface area contributed by atoms with Crippen LogP contribution in [-0.2, 0) is 9.59 Å². The SMILES string of the molecule is CC(C)N1C(=O)CC(Nc2c(F)c(F)cc(F)c2F)C1=O. The van der Waals surface area contributed by atoms with Crippen LogP contribution in [0.5, 0.6) is 0 Å². The Bertz CT molecular complexity index is 592. The molecule has 1 heterocycles. The number of nitrogens with zero attached hydrogens (tertiary/aromatic N) is 1. The number of anilines is 1. The summed E-state index contributed by atoms with van der Waals surface area (Å²) in [5, 5.41) is 2.08. The standard InChI is InChI=1S/C13H12F4N2O2/c1-5(2)19-9(20)4-8(13(19)21)18-12-10(16)6(14)3-7(15)11(12)17/h3,5,8,18H,4H2,1-2H3. The molecule has 1 aliphatic rings. The molecular formula is C13H12F4N2O2. The van der Waals surface area contributed by atoms with E-state index in [1.54, 1.807) is 13.8 Å². The van der Waals surface area contributed by atoms with Crippen LogP contribution in [0.3, 0.4) is 0 Å². The fraction of sp³-hybridized carbons (Fsp3) is 0.385. The predicted molar refractivity (Wildman–Crippen MR) is 65.3 cm³/mol. The summed E-state index contributed by atoms with van der Waals surface area (Å²) in [6.45, 7) is 3.20. The Hall–Kier alpha value is -2.12. The van der Waals surface area contributed by atoms with Crippen LogP contribution in [0.1, 0.15) is 20.3 Å². The molecule has 1 aromatic carbocycles. The maximum atomic E-state index is 13.5. The first-order chi connectivity index (χ1) is 9.73. The average molecular weight is 304 g/mol. The highest BCUT2D eigenvalue weighted by atomic mass is 19.2. The van der Waals surface area contributed by atoms with Gasteiger partial charge in [-0.05, 0) is 13.8 Å². The molecule has 1 aromatic rings. The lowest BCUT2D eigenvalue weighted by atomic mass is 10.2. The Morgan fingerprint density at radius 3 is 2.10 bits per heavy atom. The fourth-order valence-electron chi connectivity index (χ4n) is 2.18. The smallest absolute Gasteiger partial charge is 0.252 e. The molecule has 0 aromatic heterocycles. The highest BCUT2D eigenvalue weighted by Crippen LogP contribution is 2.27. The molecule has 8 heteroatoms. The summed E-state index contributed by atoms with van der Waals surface area (Å²) in [4.78, 5) is 24.6. The summed E-state index contributed by atoms with van der Waals surface area (Å²) in [7, 11) is 0. The van der Waals surface area contributed by atoms with Crippen molar-refractivity contribution in [3.8, 4) is 0 Å². The largest absolute Gasteiger partial charge is 0.368 e. The van der Waals surface area contributed by atoms with E-state index in [-0.39, 0.29) is 12.5 Å². The third-order valence-electron chi connectivity index (χ3n) is 3.13. The van der Waals surface area contributed by atoms with E-state index in [9.17, 15) is 27.2 Å². The monoisotopic (exact) mass is 304 g/mol. The summed E-state index contributed by atoms with van der Waals surface area (Å²) in [5.74, 6) is -7.68. The van der Waals surface area contributed by atoms with E-state index in [1.807, 2.05) is 0 Å². The molecule has 0 saturated carbocycles. The molecule has 1 saturated heterocycles. The first kappa shape index (κ1) is 15.3. The molecule has 2 amide bonds. The minimum atomic E-state index is -1.64. The summed E-state index contributed by atoms with van der Waals surface area (Å²) in [6, 6.07) is -1.61. The minimum absolute atomic E-state index is 0.0674. The average Bonchev–Trinajstić information content (AvgIpc) is 2.67.